The molecule has 3 aromatic carbocycles. The second kappa shape index (κ2) is 9.40. The molecule has 31 heavy (non-hydrogen) atoms. The van der Waals surface area contributed by atoms with E-state index in [0.717, 1.165) is 9.87 Å². The Bertz CT molecular complexity index is 1250. The zero-order chi connectivity index (χ0) is 22.6. The van der Waals surface area contributed by atoms with Crippen LogP contribution in [0.5, 0.6) is 0 Å². The number of sulfonamides is 1. The van der Waals surface area contributed by atoms with Gasteiger partial charge in [-0.2, -0.15) is 5.26 Å². The quantitative estimate of drug-likeness (QED) is 0.544. The summed E-state index contributed by atoms with van der Waals surface area (Å²) in [6.45, 7) is 1.35. The predicted octanol–water partition coefficient (Wildman–Crippen LogP) is 5.01. The number of aryl methyl sites for hydroxylation is 1. The number of hydrogen-bond donors (Lipinski definition) is 1. The molecule has 0 aliphatic carbocycles. The summed E-state index contributed by atoms with van der Waals surface area (Å²) in [6.07, 6.45) is 0. The molecule has 6 nitrogen and oxygen atoms in total. The lowest BCUT2D eigenvalue weighted by Gasteiger charge is -2.24. The zero-order valence-electron chi connectivity index (χ0n) is 16.3. The fourth-order valence-electron chi connectivity index (χ4n) is 2.75. The highest BCUT2D eigenvalue weighted by Crippen LogP contribution is 2.30. The molecule has 0 radical (unpaired) electrons. The molecule has 0 aromatic heterocycles. The van der Waals surface area contributed by atoms with E-state index in [2.05, 4.69) is 5.32 Å². The van der Waals surface area contributed by atoms with E-state index in [-0.39, 0.29) is 20.6 Å². The second-order valence-electron chi connectivity index (χ2n) is 6.66. The first-order chi connectivity index (χ1) is 14.7. The van der Waals surface area contributed by atoms with Gasteiger partial charge in [0.15, 0.2) is 0 Å². The van der Waals surface area contributed by atoms with Gasteiger partial charge in [0.2, 0.25) is 5.91 Å². The van der Waals surface area contributed by atoms with Crippen LogP contribution in [0, 0.1) is 18.3 Å². The van der Waals surface area contributed by atoms with Crippen LogP contribution >= 0.6 is 23.2 Å². The Morgan fingerprint density at radius 1 is 1.00 bits per heavy atom. The summed E-state index contributed by atoms with van der Waals surface area (Å²) in [7, 11) is -4.07. The summed E-state index contributed by atoms with van der Waals surface area (Å²) >= 11 is 12.1. The molecule has 0 bridgehead atoms. The standard InChI is InChI=1S/C22H17Cl2N3O3S/c1-15-2-9-19(10-3-15)31(29,30)27(18-8-11-20(23)21(24)12-18)14-22(28)26-17-6-4-16(13-25)5-7-17/h2-12H,14H2,1H3,(H,26,28). The summed E-state index contributed by atoms with van der Waals surface area (Å²) in [5.74, 6) is -0.563. The van der Waals surface area contributed by atoms with Gasteiger partial charge >= 0.3 is 0 Å². The Kier molecular flexibility index (Phi) is 6.86. The maximum atomic E-state index is 13.3. The van der Waals surface area contributed by atoms with Crippen molar-refractivity contribution >= 4 is 50.5 Å². The van der Waals surface area contributed by atoms with E-state index in [1.54, 1.807) is 36.4 Å². The van der Waals surface area contributed by atoms with E-state index in [4.69, 9.17) is 28.5 Å². The predicted molar refractivity (Wildman–Crippen MR) is 122 cm³/mol. The molecule has 1 amide bonds. The monoisotopic (exact) mass is 473 g/mol. The number of carbonyl (C=O) groups is 1. The third-order valence-electron chi connectivity index (χ3n) is 4.39. The first-order valence-corrected chi connectivity index (χ1v) is 11.2. The molecule has 0 spiro atoms. The van der Waals surface area contributed by atoms with Crippen molar-refractivity contribution in [2.24, 2.45) is 0 Å². The van der Waals surface area contributed by atoms with E-state index < -0.39 is 22.5 Å². The normalized spacial score (nSPS) is 10.9. The number of nitriles is 1. The van der Waals surface area contributed by atoms with Crippen molar-refractivity contribution in [3.8, 4) is 6.07 Å². The topological polar surface area (TPSA) is 90.3 Å². The van der Waals surface area contributed by atoms with E-state index >= 15 is 0 Å². The van der Waals surface area contributed by atoms with Crippen LogP contribution in [0.3, 0.4) is 0 Å². The molecule has 0 fully saturated rings. The van der Waals surface area contributed by atoms with Crippen molar-refractivity contribution in [1.29, 1.82) is 5.26 Å². The van der Waals surface area contributed by atoms with Gasteiger partial charge in [0, 0.05) is 5.69 Å². The number of hydrogen-bond acceptors (Lipinski definition) is 4. The van der Waals surface area contributed by atoms with Gasteiger partial charge in [-0.1, -0.05) is 40.9 Å². The zero-order valence-corrected chi connectivity index (χ0v) is 18.7. The molecule has 3 aromatic rings. The Morgan fingerprint density at radius 2 is 1.65 bits per heavy atom. The fraction of sp³-hybridized carbons (Fsp3) is 0.0909. The number of carbonyl (C=O) groups excluding carboxylic acids is 1. The van der Waals surface area contributed by atoms with Gasteiger partial charge in [-0.05, 0) is 61.5 Å². The molecule has 9 heteroatoms. The Morgan fingerprint density at radius 3 is 2.23 bits per heavy atom. The van der Waals surface area contributed by atoms with Crippen molar-refractivity contribution in [1.82, 2.24) is 0 Å². The van der Waals surface area contributed by atoms with Crippen LogP contribution in [0.2, 0.25) is 10.0 Å². The van der Waals surface area contributed by atoms with Crippen LogP contribution in [0.1, 0.15) is 11.1 Å². The highest BCUT2D eigenvalue weighted by atomic mass is 35.5. The molecule has 3 rings (SSSR count). The van der Waals surface area contributed by atoms with Gasteiger partial charge in [0.05, 0.1) is 32.3 Å². The highest BCUT2D eigenvalue weighted by Gasteiger charge is 2.27. The first kappa shape index (κ1) is 22.6. The minimum atomic E-state index is -4.07. The molecular formula is C22H17Cl2N3O3S. The smallest absolute Gasteiger partial charge is 0.264 e. The third-order valence-corrected chi connectivity index (χ3v) is 6.91. The summed E-state index contributed by atoms with van der Waals surface area (Å²) in [5, 5.41) is 11.9. The lowest BCUT2D eigenvalue weighted by molar-refractivity contribution is -0.114. The minimum Gasteiger partial charge on any atom is -0.325 e. The molecule has 0 atom stereocenters. The van der Waals surface area contributed by atoms with Gasteiger partial charge in [-0.25, -0.2) is 8.42 Å². The Balaban J connectivity index is 1.95. The lowest BCUT2D eigenvalue weighted by Crippen LogP contribution is -2.38. The molecule has 0 aliphatic heterocycles. The maximum Gasteiger partial charge on any atom is 0.264 e. The van der Waals surface area contributed by atoms with Crippen molar-refractivity contribution in [2.45, 2.75) is 11.8 Å². The van der Waals surface area contributed by atoms with Gasteiger partial charge < -0.3 is 5.32 Å². The van der Waals surface area contributed by atoms with Gasteiger partial charge in [-0.15, -0.1) is 0 Å². The van der Waals surface area contributed by atoms with Crippen LogP contribution in [0.4, 0.5) is 11.4 Å². The number of rotatable bonds is 6. The largest absolute Gasteiger partial charge is 0.325 e. The molecular weight excluding hydrogens is 457 g/mol. The number of halogens is 2. The number of amides is 1. The second-order valence-corrected chi connectivity index (χ2v) is 9.34. The van der Waals surface area contributed by atoms with E-state index in [0.29, 0.717) is 11.3 Å². The van der Waals surface area contributed by atoms with Gasteiger partial charge in [-0.3, -0.25) is 9.10 Å². The molecule has 0 unspecified atom stereocenters. The van der Waals surface area contributed by atoms with Crippen molar-refractivity contribution in [3.63, 3.8) is 0 Å². The summed E-state index contributed by atoms with van der Waals surface area (Å²) in [6, 6.07) is 18.9. The average Bonchev–Trinajstić information content (AvgIpc) is 2.75. The van der Waals surface area contributed by atoms with E-state index in [1.165, 1.54) is 30.3 Å². The van der Waals surface area contributed by atoms with E-state index in [9.17, 15) is 13.2 Å². The first-order valence-electron chi connectivity index (χ1n) is 9.05. The van der Waals surface area contributed by atoms with Crippen LogP contribution in [-0.4, -0.2) is 20.9 Å². The average molecular weight is 474 g/mol. The minimum absolute atomic E-state index is 0.0374. The van der Waals surface area contributed by atoms with Crippen LogP contribution in [-0.2, 0) is 14.8 Å². The van der Waals surface area contributed by atoms with Crippen LogP contribution in [0.25, 0.3) is 0 Å². The number of benzene rings is 3. The Labute approximate surface area is 190 Å². The fourth-order valence-corrected chi connectivity index (χ4v) is 4.46. The molecule has 0 aliphatic rings. The summed E-state index contributed by atoms with van der Waals surface area (Å²) in [4.78, 5) is 12.7. The molecule has 1 N–H and O–H groups in total. The van der Waals surface area contributed by atoms with Crippen molar-refractivity contribution in [2.75, 3.05) is 16.2 Å². The van der Waals surface area contributed by atoms with Crippen LogP contribution in [0.15, 0.2) is 71.6 Å². The number of nitrogens with one attached hydrogen (secondary N) is 1. The SMILES string of the molecule is Cc1ccc(S(=O)(=O)N(CC(=O)Nc2ccc(C#N)cc2)c2ccc(Cl)c(Cl)c2)cc1. The molecule has 0 saturated heterocycles. The van der Waals surface area contributed by atoms with E-state index in [1.807, 2.05) is 13.0 Å². The number of nitrogens with zero attached hydrogens (tertiary/aromatic N) is 2. The summed E-state index contributed by atoms with van der Waals surface area (Å²) in [5.41, 5.74) is 1.98. The molecule has 158 valence electrons. The Hall–Kier alpha value is -3.05. The highest BCUT2D eigenvalue weighted by molar-refractivity contribution is 7.92. The van der Waals surface area contributed by atoms with Crippen molar-refractivity contribution in [3.05, 3.63) is 87.9 Å². The number of anilines is 2. The molecule has 0 heterocycles. The van der Waals surface area contributed by atoms with Crippen LogP contribution < -0.4 is 9.62 Å². The van der Waals surface area contributed by atoms with Gasteiger partial charge in [0.1, 0.15) is 6.54 Å². The summed E-state index contributed by atoms with van der Waals surface area (Å²) < 4.78 is 27.7. The van der Waals surface area contributed by atoms with Crippen molar-refractivity contribution < 1.29 is 13.2 Å². The third kappa shape index (κ3) is 5.36. The molecule has 0 saturated carbocycles. The lowest BCUT2D eigenvalue weighted by atomic mass is 10.2. The van der Waals surface area contributed by atoms with Gasteiger partial charge in [0.25, 0.3) is 10.0 Å². The maximum absolute atomic E-state index is 13.3.